The maximum Gasteiger partial charge on any atom is 0.673 e. The number of ether oxygens (including phenoxy) is 2. The zero-order valence-electron chi connectivity index (χ0n) is 20.3. The highest BCUT2D eigenvalue weighted by molar-refractivity contribution is 6.92. The normalized spacial score (nSPS) is 17.2. The van der Waals surface area contributed by atoms with E-state index in [-0.39, 0.29) is 9.90 Å². The molecule has 2 saturated carbocycles. The van der Waals surface area contributed by atoms with E-state index in [0.717, 1.165) is 17.1 Å². The topological polar surface area (TPSA) is 18.5 Å². The van der Waals surface area contributed by atoms with Crippen LogP contribution in [0.1, 0.15) is 87.2 Å². The zero-order chi connectivity index (χ0) is 23.8. The second-order valence-corrected chi connectivity index (χ2v) is 9.01. The smallest absolute Gasteiger partial charge is 0.496 e. The van der Waals surface area contributed by atoms with Gasteiger partial charge in [-0.2, -0.15) is 9.90 Å². The second kappa shape index (κ2) is 13.4. The molecule has 2 aromatic carbocycles. The average Bonchev–Trinajstić information content (AvgIpc) is 2.83. The van der Waals surface area contributed by atoms with Crippen LogP contribution >= 0.6 is 9.90 Å². The molecule has 4 rings (SSSR count). The van der Waals surface area contributed by atoms with E-state index in [9.17, 15) is 17.3 Å². The molecule has 2 aromatic rings. The van der Waals surface area contributed by atoms with Crippen molar-refractivity contribution in [3.05, 3.63) is 47.5 Å². The molecule has 0 radical (unpaired) electrons. The van der Waals surface area contributed by atoms with Gasteiger partial charge in [-0.05, 0) is 66.3 Å². The Balaban J connectivity index is 0.000000619. The minimum Gasteiger partial charge on any atom is -0.496 e. The maximum absolute atomic E-state index is 9.75. The van der Waals surface area contributed by atoms with Gasteiger partial charge in [0.25, 0.3) is 0 Å². The molecule has 0 aromatic heterocycles. The monoisotopic (exact) mass is 499 g/mol. The van der Waals surface area contributed by atoms with Crippen molar-refractivity contribution in [1.82, 2.24) is 0 Å². The van der Waals surface area contributed by atoms with Crippen molar-refractivity contribution in [2.45, 2.75) is 76.0 Å². The van der Waals surface area contributed by atoms with Gasteiger partial charge in [0, 0.05) is 0 Å². The quantitative estimate of drug-likeness (QED) is 0.233. The molecule has 2 aliphatic rings. The summed E-state index contributed by atoms with van der Waals surface area (Å²) in [6.07, 6.45) is 13.5. The van der Waals surface area contributed by atoms with Crippen molar-refractivity contribution >= 4 is 17.2 Å². The van der Waals surface area contributed by atoms with Crippen LogP contribution in [0.4, 0.5) is 17.3 Å². The summed E-state index contributed by atoms with van der Waals surface area (Å²) in [4.78, 5) is 0. The fourth-order valence-corrected chi connectivity index (χ4v) is 5.53. The number of methoxy groups -OCH3 is 2. The lowest BCUT2D eigenvalue weighted by Crippen LogP contribution is -2.14. The average molecular weight is 499 g/mol. The lowest BCUT2D eigenvalue weighted by atomic mass is 9.73. The van der Waals surface area contributed by atoms with E-state index in [1.54, 1.807) is 25.3 Å². The van der Waals surface area contributed by atoms with E-state index < -0.39 is 7.25 Å². The van der Waals surface area contributed by atoms with Gasteiger partial charge in [-0.1, -0.05) is 62.8 Å². The third-order valence-corrected chi connectivity index (χ3v) is 6.90. The van der Waals surface area contributed by atoms with Crippen molar-refractivity contribution in [3.63, 3.8) is 0 Å². The standard InChI is InChI=1S/C26H34O2.BF4.H3P/c1-27-23-17-10-18-24(28-2)26(23)22-16-9-15-21(19-11-5-3-6-12-19)25(22)20-13-7-4-8-14-20;2-1(3,4)5;/h9-10,15-20H,3-8,11-14H2,1-2H3;;1H3/q;-1;. The van der Waals surface area contributed by atoms with E-state index in [2.05, 4.69) is 30.3 Å². The molecule has 0 amide bonds. The molecule has 0 spiro atoms. The molecule has 2 nitrogen and oxygen atoms in total. The fourth-order valence-electron chi connectivity index (χ4n) is 5.53. The van der Waals surface area contributed by atoms with Crippen molar-refractivity contribution in [2.24, 2.45) is 0 Å². The summed E-state index contributed by atoms with van der Waals surface area (Å²) in [6, 6.07) is 13.1. The Morgan fingerprint density at radius 1 is 0.676 bits per heavy atom. The van der Waals surface area contributed by atoms with E-state index >= 15 is 0 Å². The van der Waals surface area contributed by atoms with Crippen LogP contribution in [0.25, 0.3) is 11.1 Å². The molecule has 0 aliphatic heterocycles. The van der Waals surface area contributed by atoms with Gasteiger partial charge < -0.3 is 26.7 Å². The molecule has 8 heteroatoms. The van der Waals surface area contributed by atoms with Gasteiger partial charge in [0.1, 0.15) is 11.5 Å². The molecule has 2 fully saturated rings. The highest BCUT2D eigenvalue weighted by Crippen LogP contribution is 2.48. The van der Waals surface area contributed by atoms with Crippen molar-refractivity contribution in [1.29, 1.82) is 0 Å². The van der Waals surface area contributed by atoms with Crippen LogP contribution in [0, 0.1) is 0 Å². The predicted molar refractivity (Wildman–Crippen MR) is 138 cm³/mol. The SMILES string of the molecule is COc1cccc(OC)c1-c1cccc(C2CCCCC2)c1C1CCCCC1.F[B-](F)(F)F.P. The Morgan fingerprint density at radius 3 is 1.59 bits per heavy atom. The lowest BCUT2D eigenvalue weighted by molar-refractivity contribution is 0.368. The van der Waals surface area contributed by atoms with E-state index in [4.69, 9.17) is 9.47 Å². The van der Waals surface area contributed by atoms with Crippen LogP contribution in [-0.4, -0.2) is 21.5 Å². The Kier molecular flexibility index (Phi) is 11.2. The second-order valence-electron chi connectivity index (χ2n) is 9.01. The molecule has 190 valence electrons. The molecule has 1 unspecified atom stereocenters. The first-order valence-electron chi connectivity index (χ1n) is 12.0. The van der Waals surface area contributed by atoms with Crippen LogP contribution < -0.4 is 9.47 Å². The molecule has 2 aliphatic carbocycles. The molecular weight excluding hydrogens is 462 g/mol. The van der Waals surface area contributed by atoms with E-state index in [1.807, 2.05) is 6.07 Å². The number of hydrogen-bond donors (Lipinski definition) is 0. The van der Waals surface area contributed by atoms with Crippen LogP contribution in [0.3, 0.4) is 0 Å². The van der Waals surface area contributed by atoms with Gasteiger partial charge in [-0.3, -0.25) is 0 Å². The van der Waals surface area contributed by atoms with Crippen molar-refractivity contribution < 1.29 is 26.7 Å². The third kappa shape index (κ3) is 7.63. The maximum atomic E-state index is 9.75. The first kappa shape index (κ1) is 28.5. The Morgan fingerprint density at radius 2 is 1.12 bits per heavy atom. The number of hydrogen-bond acceptors (Lipinski definition) is 2. The molecule has 0 bridgehead atoms. The van der Waals surface area contributed by atoms with Gasteiger partial charge in [0.2, 0.25) is 0 Å². The molecule has 1 atom stereocenters. The molecule has 0 N–H and O–H groups in total. The Bertz CT molecular complexity index is 867. The lowest BCUT2D eigenvalue weighted by Gasteiger charge is -2.32. The van der Waals surface area contributed by atoms with Crippen LogP contribution in [-0.2, 0) is 0 Å². The first-order chi connectivity index (χ1) is 15.8. The zero-order valence-corrected chi connectivity index (χ0v) is 21.7. The minimum atomic E-state index is -6.00. The van der Waals surface area contributed by atoms with Gasteiger partial charge >= 0.3 is 7.25 Å². The first-order valence-corrected chi connectivity index (χ1v) is 12.0. The van der Waals surface area contributed by atoms with Crippen LogP contribution in [0.15, 0.2) is 36.4 Å². The molecule has 0 saturated heterocycles. The minimum absolute atomic E-state index is 0. The fraction of sp³-hybridized carbons (Fsp3) is 0.538. The summed E-state index contributed by atoms with van der Waals surface area (Å²) >= 11 is 0. The highest BCUT2D eigenvalue weighted by atomic mass is 31.0. The van der Waals surface area contributed by atoms with E-state index in [1.165, 1.54) is 69.8 Å². The summed E-state index contributed by atoms with van der Waals surface area (Å²) in [7, 11) is -2.47. The Labute approximate surface area is 204 Å². The number of rotatable bonds is 5. The van der Waals surface area contributed by atoms with Gasteiger partial charge in [0.05, 0.1) is 19.8 Å². The third-order valence-electron chi connectivity index (χ3n) is 6.90. The number of halogens is 4. The summed E-state index contributed by atoms with van der Waals surface area (Å²) in [5, 5.41) is 0. The summed E-state index contributed by atoms with van der Waals surface area (Å²) in [5.41, 5.74) is 5.67. The largest absolute Gasteiger partial charge is 0.673 e. The van der Waals surface area contributed by atoms with Gasteiger partial charge in [0.15, 0.2) is 0 Å². The summed E-state index contributed by atoms with van der Waals surface area (Å²) in [5.74, 6) is 3.21. The number of benzene rings is 2. The van der Waals surface area contributed by atoms with Gasteiger partial charge in [-0.15, -0.1) is 0 Å². The van der Waals surface area contributed by atoms with E-state index in [0.29, 0.717) is 11.8 Å². The Hall–Kier alpha value is -1.75. The van der Waals surface area contributed by atoms with Crippen molar-refractivity contribution in [3.8, 4) is 22.6 Å². The van der Waals surface area contributed by atoms with Crippen LogP contribution in [0.2, 0.25) is 0 Å². The van der Waals surface area contributed by atoms with Crippen molar-refractivity contribution in [2.75, 3.05) is 14.2 Å². The highest BCUT2D eigenvalue weighted by Gasteiger charge is 2.28. The summed E-state index contributed by atoms with van der Waals surface area (Å²) in [6.45, 7) is 0. The molecular formula is C26H37BF4O2P-. The van der Waals surface area contributed by atoms with Crippen LogP contribution in [0.5, 0.6) is 11.5 Å². The van der Waals surface area contributed by atoms with Gasteiger partial charge in [-0.25, -0.2) is 0 Å². The summed E-state index contributed by atoms with van der Waals surface area (Å²) < 4.78 is 50.6. The predicted octanol–water partition coefficient (Wildman–Crippen LogP) is 8.82. The molecule has 34 heavy (non-hydrogen) atoms. The molecule has 0 heterocycles.